The zero-order chi connectivity index (χ0) is 17.7. The molecule has 7 heteroatoms. The van der Waals surface area contributed by atoms with E-state index in [4.69, 9.17) is 14.9 Å². The van der Waals surface area contributed by atoms with Crippen molar-refractivity contribution < 1.29 is 9.47 Å². The van der Waals surface area contributed by atoms with Crippen LogP contribution in [-0.4, -0.2) is 16.7 Å². The maximum atomic E-state index is 10.1. The molecule has 1 aromatic rings. The van der Waals surface area contributed by atoms with Crippen LogP contribution in [-0.2, 0) is 9.47 Å². The molecule has 0 radical (unpaired) electrons. The van der Waals surface area contributed by atoms with Crippen molar-refractivity contribution in [1.29, 1.82) is 21.2 Å². The summed E-state index contributed by atoms with van der Waals surface area (Å²) in [6, 6.07) is 9.63. The first-order valence-corrected chi connectivity index (χ1v) is 8.20. The molecule has 124 valence electrons. The summed E-state index contributed by atoms with van der Waals surface area (Å²) in [6.45, 7) is 0. The first kappa shape index (κ1) is 15.6. The molecule has 3 fully saturated rings. The van der Waals surface area contributed by atoms with Gasteiger partial charge in [-0.05, 0) is 18.9 Å². The van der Waals surface area contributed by atoms with Gasteiger partial charge in [0, 0.05) is 24.4 Å². The van der Waals surface area contributed by atoms with E-state index < -0.39 is 28.6 Å². The lowest BCUT2D eigenvalue weighted by molar-refractivity contribution is -0.294. The number of nitrogens with one attached hydrogen (secondary N) is 1. The molecule has 3 heterocycles. The second-order valence-corrected chi connectivity index (χ2v) is 6.78. The SMILES string of the molecule is N#CC1(C#N)[C@@H](c2cccnc2)O[C@@]23CCCC[C@H]2[C@]1(C#N)C(=N)O3. The Morgan fingerprint density at radius 1 is 1.20 bits per heavy atom. The molecule has 0 aromatic carbocycles. The molecule has 2 saturated heterocycles. The topological polar surface area (TPSA) is 127 Å². The largest absolute Gasteiger partial charge is 0.447 e. The maximum absolute atomic E-state index is 10.1. The molecule has 2 aliphatic heterocycles. The molecule has 1 aliphatic carbocycles. The van der Waals surface area contributed by atoms with Crippen molar-refractivity contribution >= 4 is 5.90 Å². The van der Waals surface area contributed by atoms with Crippen LogP contribution in [0.25, 0.3) is 0 Å². The predicted octanol–water partition coefficient (Wildman–Crippen LogP) is 2.59. The van der Waals surface area contributed by atoms with Gasteiger partial charge in [-0.3, -0.25) is 10.4 Å². The van der Waals surface area contributed by atoms with Gasteiger partial charge >= 0.3 is 0 Å². The molecule has 1 N–H and O–H groups in total. The Kier molecular flexibility index (Phi) is 3.13. The van der Waals surface area contributed by atoms with E-state index in [2.05, 4.69) is 11.1 Å². The zero-order valence-corrected chi connectivity index (χ0v) is 13.4. The van der Waals surface area contributed by atoms with Gasteiger partial charge in [-0.25, -0.2) is 0 Å². The van der Waals surface area contributed by atoms with E-state index in [1.54, 1.807) is 18.3 Å². The second-order valence-electron chi connectivity index (χ2n) is 6.78. The third kappa shape index (κ3) is 1.60. The number of pyridine rings is 1. The van der Waals surface area contributed by atoms with E-state index in [0.29, 0.717) is 18.4 Å². The number of rotatable bonds is 1. The van der Waals surface area contributed by atoms with Crippen LogP contribution < -0.4 is 0 Å². The first-order chi connectivity index (χ1) is 12.1. The Morgan fingerprint density at radius 3 is 2.64 bits per heavy atom. The normalized spacial score (nSPS) is 37.7. The molecule has 25 heavy (non-hydrogen) atoms. The molecule has 0 amide bonds. The lowest BCUT2D eigenvalue weighted by Crippen LogP contribution is -2.60. The number of nitriles is 3. The van der Waals surface area contributed by atoms with Crippen molar-refractivity contribution in [3.05, 3.63) is 30.1 Å². The molecule has 3 aliphatic rings. The number of hydrogen-bond acceptors (Lipinski definition) is 7. The predicted molar refractivity (Wildman–Crippen MR) is 83.3 cm³/mol. The zero-order valence-electron chi connectivity index (χ0n) is 13.4. The smallest absolute Gasteiger partial charge is 0.217 e. The number of nitrogens with zero attached hydrogens (tertiary/aromatic N) is 4. The van der Waals surface area contributed by atoms with E-state index in [-0.39, 0.29) is 5.90 Å². The molecule has 0 unspecified atom stereocenters. The fourth-order valence-electron chi connectivity index (χ4n) is 4.69. The van der Waals surface area contributed by atoms with E-state index >= 15 is 0 Å². The highest BCUT2D eigenvalue weighted by Crippen LogP contribution is 2.69. The van der Waals surface area contributed by atoms with Crippen LogP contribution in [0.3, 0.4) is 0 Å². The van der Waals surface area contributed by atoms with Crippen molar-refractivity contribution in [2.45, 2.75) is 37.6 Å². The third-order valence-electron chi connectivity index (χ3n) is 5.80. The molecule has 7 nitrogen and oxygen atoms in total. The minimum Gasteiger partial charge on any atom is -0.447 e. The summed E-state index contributed by atoms with van der Waals surface area (Å²) < 4.78 is 12.0. The van der Waals surface area contributed by atoms with Crippen molar-refractivity contribution in [2.75, 3.05) is 0 Å². The number of hydrogen-bond donors (Lipinski definition) is 1. The van der Waals surface area contributed by atoms with Gasteiger partial charge in [0.05, 0.1) is 24.1 Å². The Hall–Kier alpha value is -2.95. The summed E-state index contributed by atoms with van der Waals surface area (Å²) >= 11 is 0. The van der Waals surface area contributed by atoms with Crippen LogP contribution >= 0.6 is 0 Å². The van der Waals surface area contributed by atoms with Gasteiger partial charge in [0.1, 0.15) is 6.10 Å². The Labute approximate surface area is 144 Å². The van der Waals surface area contributed by atoms with Crippen LogP contribution in [0.1, 0.15) is 37.4 Å². The minimum atomic E-state index is -1.87. The van der Waals surface area contributed by atoms with Gasteiger partial charge in [0.2, 0.25) is 17.1 Å². The molecule has 4 atom stereocenters. The fourth-order valence-corrected chi connectivity index (χ4v) is 4.69. The van der Waals surface area contributed by atoms with Gasteiger partial charge in [0.15, 0.2) is 5.41 Å². The van der Waals surface area contributed by atoms with Gasteiger partial charge in [-0.2, -0.15) is 15.8 Å². The van der Waals surface area contributed by atoms with Gasteiger partial charge in [-0.15, -0.1) is 0 Å². The summed E-state index contributed by atoms with van der Waals surface area (Å²) in [4.78, 5) is 4.06. The third-order valence-corrected chi connectivity index (χ3v) is 5.80. The van der Waals surface area contributed by atoms with Crippen LogP contribution in [0.5, 0.6) is 0 Å². The Bertz CT molecular complexity index is 850. The van der Waals surface area contributed by atoms with Crippen LogP contribution in [0.15, 0.2) is 24.5 Å². The van der Waals surface area contributed by atoms with Crippen LogP contribution in [0.4, 0.5) is 0 Å². The average Bonchev–Trinajstić information content (AvgIpc) is 2.87. The van der Waals surface area contributed by atoms with Gasteiger partial charge in [-0.1, -0.05) is 12.5 Å². The van der Waals surface area contributed by atoms with E-state index in [1.165, 1.54) is 6.20 Å². The average molecular weight is 333 g/mol. The standard InChI is InChI=1S/C18H15N5O2/c19-9-16(10-20)14(12-4-3-7-23-8-12)24-18-6-2-1-5-13(18)17(16,11-21)15(22)25-18/h3-4,7-8,13-14,22H,1-2,5-6H2/t13-,14+,17+,18+/m0/s1. The summed E-state index contributed by atoms with van der Waals surface area (Å²) in [5.74, 6) is -1.95. The summed E-state index contributed by atoms with van der Waals surface area (Å²) in [5.41, 5.74) is -2.98. The van der Waals surface area contributed by atoms with Crippen LogP contribution in [0.2, 0.25) is 0 Å². The number of aromatic nitrogens is 1. The van der Waals surface area contributed by atoms with E-state index in [0.717, 1.165) is 12.8 Å². The van der Waals surface area contributed by atoms with Crippen molar-refractivity contribution in [3.63, 3.8) is 0 Å². The molecule has 2 bridgehead atoms. The molecule has 4 rings (SSSR count). The minimum absolute atomic E-state index is 0.323. The van der Waals surface area contributed by atoms with Crippen molar-refractivity contribution in [2.24, 2.45) is 16.7 Å². The fraction of sp³-hybridized carbons (Fsp3) is 0.500. The molecule has 1 saturated carbocycles. The van der Waals surface area contributed by atoms with Gasteiger partial charge < -0.3 is 9.47 Å². The highest BCUT2D eigenvalue weighted by atomic mass is 16.7. The molecular formula is C18H15N5O2. The highest BCUT2D eigenvalue weighted by Gasteiger charge is 2.80. The number of ether oxygens (including phenoxy) is 2. The summed E-state index contributed by atoms with van der Waals surface area (Å²) in [6.07, 6.45) is 4.92. The van der Waals surface area contributed by atoms with E-state index in [9.17, 15) is 15.8 Å². The molecule has 1 aromatic heterocycles. The lowest BCUT2D eigenvalue weighted by Gasteiger charge is -2.51. The van der Waals surface area contributed by atoms with Gasteiger partial charge in [0.25, 0.3) is 0 Å². The highest BCUT2D eigenvalue weighted by molar-refractivity contribution is 5.89. The quantitative estimate of drug-likeness (QED) is 0.841. The Balaban J connectivity index is 2.01. The van der Waals surface area contributed by atoms with E-state index in [1.807, 2.05) is 12.1 Å². The molecular weight excluding hydrogens is 318 g/mol. The van der Waals surface area contributed by atoms with Crippen LogP contribution in [0, 0.1) is 56.2 Å². The monoisotopic (exact) mass is 333 g/mol. The van der Waals surface area contributed by atoms with Crippen molar-refractivity contribution in [3.8, 4) is 18.2 Å². The first-order valence-electron chi connectivity index (χ1n) is 8.20. The maximum Gasteiger partial charge on any atom is 0.217 e. The summed E-state index contributed by atoms with van der Waals surface area (Å²) in [7, 11) is 0. The summed E-state index contributed by atoms with van der Waals surface area (Å²) in [5, 5.41) is 38.5. The lowest BCUT2D eigenvalue weighted by atomic mass is 9.51. The van der Waals surface area contributed by atoms with Crippen molar-refractivity contribution in [1.82, 2.24) is 4.98 Å². The Morgan fingerprint density at radius 2 is 2.00 bits per heavy atom. The second kappa shape index (κ2) is 5.02. The molecule has 0 spiro atoms.